The van der Waals surface area contributed by atoms with Crippen molar-refractivity contribution in [3.8, 4) is 5.75 Å². The highest BCUT2D eigenvalue weighted by atomic mass is 16.6. The number of aryl methyl sites for hydroxylation is 1. The van der Waals surface area contributed by atoms with Crippen LogP contribution in [0.4, 0.5) is 22.1 Å². The third-order valence-corrected chi connectivity index (χ3v) is 6.55. The molecule has 1 aromatic heterocycles. The quantitative estimate of drug-likeness (QED) is 0.202. The number of carbonyl (C=O) groups excluding carboxylic acids is 3. The smallest absolute Gasteiger partial charge is 0.407 e. The second-order valence-corrected chi connectivity index (χ2v) is 11.3. The van der Waals surface area contributed by atoms with E-state index in [2.05, 4.69) is 26.3 Å². The molecule has 13 heteroatoms. The molecule has 3 amide bonds. The van der Waals surface area contributed by atoms with Gasteiger partial charge in [0.2, 0.25) is 5.91 Å². The van der Waals surface area contributed by atoms with Crippen molar-refractivity contribution in [1.82, 2.24) is 20.6 Å². The molecule has 43 heavy (non-hydrogen) atoms. The molecule has 2 heterocycles. The van der Waals surface area contributed by atoms with Gasteiger partial charge in [-0.2, -0.15) is 0 Å². The fourth-order valence-electron chi connectivity index (χ4n) is 4.45. The minimum Gasteiger partial charge on any atom is -0.497 e. The molecule has 13 nitrogen and oxygen atoms in total. The van der Waals surface area contributed by atoms with Crippen LogP contribution < -0.4 is 31.7 Å². The lowest BCUT2D eigenvalue weighted by atomic mass is 10.1. The highest BCUT2D eigenvalue weighted by Crippen LogP contribution is 2.27. The standard InChI is InChI=1S/C30H45N7O6/c1-6-23-27(34-20-10-14-42-15-11-20)37-28(25(36-23)26(31)39)35-21-16-19(17-22(18-21)41-5)9-13-32-24(38)8-7-12-33-29(40)43-30(2,3)4/h16-18,20H,6-15H2,1-5H3,(H2,31,39)(H,32,38)(H,33,40)(H2,34,35,37). The third kappa shape index (κ3) is 11.2. The van der Waals surface area contributed by atoms with E-state index in [-0.39, 0.29) is 29.9 Å². The SMILES string of the molecule is CCc1nc(C(N)=O)c(Nc2cc(CCNC(=O)CCCNC(=O)OC(C)(C)C)cc(OC)c2)nc1NC1CCOCC1. The maximum Gasteiger partial charge on any atom is 0.407 e. The van der Waals surface area contributed by atoms with Gasteiger partial charge in [0.15, 0.2) is 17.3 Å². The molecule has 0 atom stereocenters. The van der Waals surface area contributed by atoms with Crippen molar-refractivity contribution in [3.05, 3.63) is 35.2 Å². The maximum absolute atomic E-state index is 12.3. The fourth-order valence-corrected chi connectivity index (χ4v) is 4.45. The van der Waals surface area contributed by atoms with Crippen molar-refractivity contribution in [3.63, 3.8) is 0 Å². The van der Waals surface area contributed by atoms with E-state index in [1.54, 1.807) is 33.9 Å². The Morgan fingerprint density at radius 2 is 1.79 bits per heavy atom. The zero-order valence-electron chi connectivity index (χ0n) is 25.8. The average Bonchev–Trinajstić information content (AvgIpc) is 2.95. The summed E-state index contributed by atoms with van der Waals surface area (Å²) < 4.78 is 16.1. The number of hydrogen-bond donors (Lipinski definition) is 5. The van der Waals surface area contributed by atoms with E-state index in [1.807, 2.05) is 19.1 Å². The number of benzene rings is 1. The topological polar surface area (TPSA) is 179 Å². The second kappa shape index (κ2) is 15.9. The molecule has 1 fully saturated rings. The summed E-state index contributed by atoms with van der Waals surface area (Å²) in [5.41, 5.74) is 7.34. The molecule has 1 aliphatic rings. The number of hydrogen-bond acceptors (Lipinski definition) is 10. The molecule has 6 N–H and O–H groups in total. The van der Waals surface area contributed by atoms with Gasteiger partial charge in [0.25, 0.3) is 5.91 Å². The number of primary amides is 1. The zero-order valence-corrected chi connectivity index (χ0v) is 25.8. The van der Waals surface area contributed by atoms with Gasteiger partial charge in [0, 0.05) is 50.5 Å². The molecule has 1 aromatic carbocycles. The number of nitrogens with one attached hydrogen (secondary N) is 4. The number of anilines is 3. The van der Waals surface area contributed by atoms with Crippen LogP contribution in [-0.2, 0) is 27.1 Å². The first-order valence-corrected chi connectivity index (χ1v) is 14.7. The molecular weight excluding hydrogens is 554 g/mol. The van der Waals surface area contributed by atoms with Crippen LogP contribution in [0, 0.1) is 0 Å². The number of nitrogens with two attached hydrogens (primary N) is 1. The van der Waals surface area contributed by atoms with Crippen LogP contribution >= 0.6 is 0 Å². The summed E-state index contributed by atoms with van der Waals surface area (Å²) in [6.45, 7) is 9.42. The summed E-state index contributed by atoms with van der Waals surface area (Å²) in [7, 11) is 1.57. The molecule has 0 unspecified atom stereocenters. The summed E-state index contributed by atoms with van der Waals surface area (Å²) in [6, 6.07) is 5.75. The number of ether oxygens (including phenoxy) is 3. The van der Waals surface area contributed by atoms with Crippen LogP contribution in [-0.4, -0.2) is 72.9 Å². The summed E-state index contributed by atoms with van der Waals surface area (Å²) >= 11 is 0. The number of carbonyl (C=O) groups is 3. The lowest BCUT2D eigenvalue weighted by Gasteiger charge is -2.25. The van der Waals surface area contributed by atoms with Gasteiger partial charge in [-0.3, -0.25) is 9.59 Å². The van der Waals surface area contributed by atoms with Crippen LogP contribution in [0.1, 0.15) is 75.1 Å². The number of alkyl carbamates (subject to hydrolysis) is 1. The molecule has 2 aromatic rings. The summed E-state index contributed by atoms with van der Waals surface area (Å²) in [6.07, 6.45) is 3.07. The Bertz CT molecular complexity index is 1260. The van der Waals surface area contributed by atoms with Gasteiger partial charge < -0.3 is 41.2 Å². The molecule has 3 rings (SSSR count). The Hall–Kier alpha value is -4.13. The van der Waals surface area contributed by atoms with Gasteiger partial charge in [-0.1, -0.05) is 6.92 Å². The number of amides is 3. The molecular formula is C30H45N7O6. The average molecular weight is 600 g/mol. The molecule has 0 radical (unpaired) electrons. The second-order valence-electron chi connectivity index (χ2n) is 11.3. The van der Waals surface area contributed by atoms with Crippen LogP contribution in [0.25, 0.3) is 0 Å². The van der Waals surface area contributed by atoms with Crippen LogP contribution in [0.2, 0.25) is 0 Å². The van der Waals surface area contributed by atoms with Crippen molar-refractivity contribution >= 4 is 35.2 Å². The van der Waals surface area contributed by atoms with Crippen molar-refractivity contribution in [2.45, 2.75) is 77.9 Å². The van der Waals surface area contributed by atoms with E-state index in [0.29, 0.717) is 68.5 Å². The predicted molar refractivity (Wildman–Crippen MR) is 164 cm³/mol. The largest absolute Gasteiger partial charge is 0.497 e. The van der Waals surface area contributed by atoms with Crippen molar-refractivity contribution < 1.29 is 28.6 Å². The summed E-state index contributed by atoms with van der Waals surface area (Å²) in [4.78, 5) is 45.6. The Morgan fingerprint density at radius 1 is 1.05 bits per heavy atom. The van der Waals surface area contributed by atoms with Crippen molar-refractivity contribution in [2.75, 3.05) is 44.0 Å². The Labute approximate surface area is 253 Å². The van der Waals surface area contributed by atoms with E-state index in [4.69, 9.17) is 24.9 Å². The van der Waals surface area contributed by atoms with E-state index in [1.165, 1.54) is 0 Å². The highest BCUT2D eigenvalue weighted by molar-refractivity contribution is 5.96. The minimum absolute atomic E-state index is 0.0483. The van der Waals surface area contributed by atoms with Crippen LogP contribution in [0.15, 0.2) is 18.2 Å². The van der Waals surface area contributed by atoms with Crippen LogP contribution in [0.5, 0.6) is 5.75 Å². The van der Waals surface area contributed by atoms with Crippen molar-refractivity contribution in [1.29, 1.82) is 0 Å². The van der Waals surface area contributed by atoms with E-state index >= 15 is 0 Å². The van der Waals surface area contributed by atoms with Gasteiger partial charge in [-0.25, -0.2) is 14.8 Å². The van der Waals surface area contributed by atoms with E-state index in [0.717, 1.165) is 18.4 Å². The molecule has 0 bridgehead atoms. The lowest BCUT2D eigenvalue weighted by molar-refractivity contribution is -0.121. The molecule has 0 saturated carbocycles. The number of rotatable bonds is 14. The number of aromatic nitrogens is 2. The lowest BCUT2D eigenvalue weighted by Crippen LogP contribution is -2.33. The molecule has 236 valence electrons. The number of nitrogens with zero attached hydrogens (tertiary/aromatic N) is 2. The minimum atomic E-state index is -0.686. The molecule has 0 aliphatic carbocycles. The first-order chi connectivity index (χ1) is 20.5. The molecule has 0 spiro atoms. The van der Waals surface area contributed by atoms with Gasteiger partial charge in [-0.05, 0) is 70.6 Å². The normalized spacial score (nSPS) is 13.6. The zero-order chi connectivity index (χ0) is 31.4. The van der Waals surface area contributed by atoms with Gasteiger partial charge in [0.1, 0.15) is 11.4 Å². The first kappa shape index (κ1) is 33.4. The van der Waals surface area contributed by atoms with Gasteiger partial charge in [-0.15, -0.1) is 0 Å². The van der Waals surface area contributed by atoms with Crippen LogP contribution in [0.3, 0.4) is 0 Å². The Balaban J connectivity index is 1.62. The maximum atomic E-state index is 12.3. The van der Waals surface area contributed by atoms with Gasteiger partial charge >= 0.3 is 6.09 Å². The Kier molecular flexibility index (Phi) is 12.4. The van der Waals surface area contributed by atoms with Gasteiger partial charge in [0.05, 0.1) is 12.8 Å². The van der Waals surface area contributed by atoms with E-state index in [9.17, 15) is 14.4 Å². The Morgan fingerprint density at radius 3 is 2.44 bits per heavy atom. The van der Waals surface area contributed by atoms with E-state index < -0.39 is 17.6 Å². The fraction of sp³-hybridized carbons (Fsp3) is 0.567. The number of methoxy groups -OCH3 is 1. The first-order valence-electron chi connectivity index (χ1n) is 14.7. The molecule has 1 saturated heterocycles. The third-order valence-electron chi connectivity index (χ3n) is 6.55. The summed E-state index contributed by atoms with van der Waals surface area (Å²) in [5.74, 6) is 0.642. The summed E-state index contributed by atoms with van der Waals surface area (Å²) in [5, 5.41) is 12.2. The predicted octanol–water partition coefficient (Wildman–Crippen LogP) is 3.44. The highest BCUT2D eigenvalue weighted by Gasteiger charge is 2.21. The molecule has 1 aliphatic heterocycles. The van der Waals surface area contributed by atoms with Crippen molar-refractivity contribution in [2.24, 2.45) is 5.73 Å². The monoisotopic (exact) mass is 599 g/mol.